The molecule has 0 aromatic heterocycles. The summed E-state index contributed by atoms with van der Waals surface area (Å²) in [6.45, 7) is 1.24. The molecular weight excluding hydrogens is 772 g/mol. The Hall–Kier alpha value is -4.50. The number of amides is 1. The van der Waals surface area contributed by atoms with E-state index in [1.807, 2.05) is 0 Å². The first-order valence-electron chi connectivity index (χ1n) is 12.3. The van der Waals surface area contributed by atoms with Crippen LogP contribution in [0.1, 0.15) is 6.92 Å². The zero-order valence-electron chi connectivity index (χ0n) is 23.7. The summed E-state index contributed by atoms with van der Waals surface area (Å²) < 4.78 is 43.5. The number of fused-ring (bicyclic) bond motifs is 1. The Kier molecular flexibility index (Phi) is 13.3. The Balaban J connectivity index is 0.00000650. The molecule has 7 N–H and O–H groups in total. The maximum absolute atomic E-state index is 12.4. The number of hydrogen-bond donors (Lipinski definition) is 7. The van der Waals surface area contributed by atoms with Crippen molar-refractivity contribution in [1.29, 1.82) is 0 Å². The Bertz CT molecular complexity index is 2090. The number of phenols is 3. The third-order valence-corrected chi connectivity index (χ3v) is 7.92. The third kappa shape index (κ3) is 9.35. The second kappa shape index (κ2) is 16.7. The number of hydrogen-bond acceptors (Lipinski definition) is 20. The third-order valence-electron chi connectivity index (χ3n) is 5.80. The van der Waals surface area contributed by atoms with Gasteiger partial charge in [0.15, 0.2) is 11.5 Å². The molecule has 0 aliphatic heterocycles. The molecule has 4 rings (SSSR count). The number of nitrogens with zero attached hydrogens (tertiary/aromatic N) is 5. The van der Waals surface area contributed by atoms with Gasteiger partial charge >= 0.3 is 0 Å². The summed E-state index contributed by atoms with van der Waals surface area (Å²) in [5.74, 6) is -3.05. The molecule has 4 aromatic rings. The van der Waals surface area contributed by atoms with Gasteiger partial charge in [0, 0.05) is 35.7 Å². The smallest absolute Gasteiger partial charge is 0.296 e. The predicted octanol–water partition coefficient (Wildman–Crippen LogP) is 6.75. The molecule has 0 aliphatic rings. The number of carbonyl (C=O) groups is 1. The van der Waals surface area contributed by atoms with Crippen molar-refractivity contribution < 1.29 is 84.3 Å². The number of aromatic hydroxyl groups is 3. The quantitative estimate of drug-likeness (QED) is 0.0140. The van der Waals surface area contributed by atoms with E-state index in [0.717, 1.165) is 30.3 Å². The number of nitro benzene ring substituents is 1. The molecule has 0 spiro atoms. The van der Waals surface area contributed by atoms with Crippen LogP contribution < -0.4 is 5.32 Å². The van der Waals surface area contributed by atoms with Gasteiger partial charge in [0.2, 0.25) is 5.91 Å². The Morgan fingerprint density at radius 2 is 1.45 bits per heavy atom. The van der Waals surface area contributed by atoms with Crippen LogP contribution in [-0.4, -0.2) is 49.6 Å². The van der Waals surface area contributed by atoms with E-state index in [9.17, 15) is 43.2 Å². The van der Waals surface area contributed by atoms with Crippen LogP contribution in [0, 0.1) is 10.1 Å². The number of carbonyl (C=O) groups excluding carboxylic acids is 1. The van der Waals surface area contributed by atoms with E-state index in [-0.39, 0.29) is 61.4 Å². The molecule has 1 amide bonds. The van der Waals surface area contributed by atoms with Crippen molar-refractivity contribution in [3.8, 4) is 17.2 Å². The fraction of sp³-hybridized carbons (Fsp3) is 0.0417. The van der Waals surface area contributed by atoms with E-state index < -0.39 is 65.5 Å². The molecule has 0 atom stereocenters. The molecule has 21 nitrogen and oxygen atoms in total. The van der Waals surface area contributed by atoms with Crippen LogP contribution in [-0.2, 0) is 50.7 Å². The summed E-state index contributed by atoms with van der Waals surface area (Å²) in [6.07, 6.45) is 0. The number of benzene rings is 4. The fourth-order valence-corrected chi connectivity index (χ4v) is 5.51. The van der Waals surface area contributed by atoms with E-state index in [1.54, 1.807) is 0 Å². The number of anilines is 1. The molecule has 4 aromatic carbocycles. The Labute approximate surface area is 291 Å². The maximum atomic E-state index is 12.4. The molecule has 49 heavy (non-hydrogen) atoms. The Morgan fingerprint density at radius 3 is 2.04 bits per heavy atom. The molecule has 0 fully saturated rings. The number of azo groups is 2. The predicted molar refractivity (Wildman–Crippen MR) is 162 cm³/mol. The molecule has 0 aliphatic carbocycles. The van der Waals surface area contributed by atoms with Crippen LogP contribution in [0.3, 0.4) is 0 Å². The van der Waals surface area contributed by atoms with Crippen molar-refractivity contribution in [1.82, 2.24) is 0 Å². The van der Waals surface area contributed by atoms with Gasteiger partial charge in [0.05, 0.1) is 50.3 Å². The van der Waals surface area contributed by atoms with Gasteiger partial charge in [-0.15, -0.1) is 29.1 Å². The summed E-state index contributed by atoms with van der Waals surface area (Å²) >= 11 is 0.619. The molecule has 0 bridgehead atoms. The number of nitro groups is 1. The molecule has 0 unspecified atom stereocenters. The minimum atomic E-state index is -5.16. The van der Waals surface area contributed by atoms with Gasteiger partial charge in [0.25, 0.3) is 15.8 Å². The zero-order valence-corrected chi connectivity index (χ0v) is 27.1. The molecule has 1 radical (unpaired) electrons. The van der Waals surface area contributed by atoms with Crippen LogP contribution in [0.25, 0.3) is 10.8 Å². The minimum absolute atomic E-state index is 0. The van der Waals surface area contributed by atoms with Crippen molar-refractivity contribution in [3.63, 3.8) is 0 Å². The number of phenolic OH excluding ortho intramolecular Hbond substituents is 3. The van der Waals surface area contributed by atoms with Gasteiger partial charge in [-0.1, -0.05) is 10.1 Å². The number of nitrogens with one attached hydrogen (secondary N) is 1. The van der Waals surface area contributed by atoms with Crippen LogP contribution >= 0.6 is 24.1 Å². The first kappa shape index (κ1) is 38.9. The fourth-order valence-electron chi connectivity index (χ4n) is 3.88. The summed E-state index contributed by atoms with van der Waals surface area (Å²) in [5, 5.41) is 84.8. The van der Waals surface area contributed by atoms with Gasteiger partial charge in [-0.2, -0.15) is 8.42 Å². The van der Waals surface area contributed by atoms with Crippen molar-refractivity contribution in [2.45, 2.75) is 21.6 Å². The molecule has 0 saturated carbocycles. The van der Waals surface area contributed by atoms with Crippen molar-refractivity contribution in [2.24, 2.45) is 20.5 Å². The number of rotatable bonds is 13. The van der Waals surface area contributed by atoms with Gasteiger partial charge in [-0.05, 0) is 41.8 Å². The van der Waals surface area contributed by atoms with Crippen LogP contribution in [0.5, 0.6) is 17.2 Å². The maximum Gasteiger partial charge on any atom is 0.296 e. The second-order valence-corrected chi connectivity index (χ2v) is 11.7. The van der Waals surface area contributed by atoms with E-state index in [1.165, 1.54) is 25.1 Å². The van der Waals surface area contributed by atoms with Crippen LogP contribution in [0.2, 0.25) is 0 Å². The number of non-ortho nitro benzene ring substituents is 1. The van der Waals surface area contributed by atoms with Crippen LogP contribution in [0.15, 0.2) is 83.7 Å². The van der Waals surface area contributed by atoms with Gasteiger partial charge in [-0.3, -0.25) is 19.5 Å². The van der Waals surface area contributed by atoms with Crippen molar-refractivity contribution in [2.75, 3.05) is 5.32 Å². The SMILES string of the molecule is CC(=O)Nc1ccc(N=Nc2c(S(=O)(=O)O)cc3cc(SOOO)c(N=Nc4ccc([N+](=O)[O-])cc4O)c(O)c3c2O)c(SOOO)c1.[Cu]. The van der Waals surface area contributed by atoms with E-state index >= 15 is 0 Å². The van der Waals surface area contributed by atoms with E-state index in [2.05, 4.69) is 44.5 Å². The molecular formula is C24H18CuN6O15S3. The normalized spacial score (nSPS) is 11.7. The Morgan fingerprint density at radius 1 is 0.857 bits per heavy atom. The summed E-state index contributed by atoms with van der Waals surface area (Å²) in [5.41, 5.74) is -2.02. The molecule has 25 heteroatoms. The first-order chi connectivity index (χ1) is 22.7. The van der Waals surface area contributed by atoms with Gasteiger partial charge < -0.3 is 20.6 Å². The summed E-state index contributed by atoms with van der Waals surface area (Å²) in [4.78, 5) is 20.5. The first-order valence-corrected chi connectivity index (χ1v) is 15.2. The van der Waals surface area contributed by atoms with Gasteiger partial charge in [-0.25, -0.2) is 10.5 Å². The molecule has 263 valence electrons. The standard InChI is InChI=1S/C24H18N6O15S3.Cu/c1-10(31)25-12-2-4-15(17(8-12)46-44-42-37)27-29-22-19(48(39,40)41)7-11-6-18(47-45-43-38)21(23(33)20(11)24(22)34)28-26-14-5-3-13(30(35)36)9-16(14)32;/h2-9,32-34,37-38H,1H3,(H,25,31)(H,39,40,41);. The average molecular weight is 790 g/mol. The van der Waals surface area contributed by atoms with E-state index in [0.29, 0.717) is 12.0 Å². The summed E-state index contributed by atoms with van der Waals surface area (Å²) in [7, 11) is -5.16. The van der Waals surface area contributed by atoms with Gasteiger partial charge in [0.1, 0.15) is 33.4 Å². The van der Waals surface area contributed by atoms with Crippen molar-refractivity contribution in [3.05, 3.63) is 58.6 Å². The zero-order chi connectivity index (χ0) is 35.2. The minimum Gasteiger partial charge on any atom is -0.505 e. The topological polar surface area (TPSA) is 314 Å². The largest absolute Gasteiger partial charge is 0.505 e. The van der Waals surface area contributed by atoms with Crippen molar-refractivity contribution >= 4 is 85.0 Å². The average Bonchev–Trinajstić information content (AvgIpc) is 3.01. The van der Waals surface area contributed by atoms with E-state index in [4.69, 9.17) is 10.5 Å². The van der Waals surface area contributed by atoms with Crippen LogP contribution in [0.4, 0.5) is 34.1 Å². The second-order valence-electron chi connectivity index (χ2n) is 8.86. The molecule has 0 heterocycles. The monoisotopic (exact) mass is 789 g/mol. The molecule has 0 saturated heterocycles. The summed E-state index contributed by atoms with van der Waals surface area (Å²) in [6, 6.07) is 8.65.